The van der Waals surface area contributed by atoms with E-state index < -0.39 is 0 Å². The lowest BCUT2D eigenvalue weighted by Gasteiger charge is -2.17. The van der Waals surface area contributed by atoms with E-state index in [2.05, 4.69) is 23.0 Å². The van der Waals surface area contributed by atoms with Gasteiger partial charge in [-0.05, 0) is 44.5 Å². The van der Waals surface area contributed by atoms with Crippen molar-refractivity contribution in [2.75, 3.05) is 20.2 Å². The fourth-order valence-corrected chi connectivity index (χ4v) is 1.84. The molecule has 1 heterocycles. The van der Waals surface area contributed by atoms with E-state index in [1.165, 1.54) is 5.56 Å². The molecule has 3 N–H and O–H groups in total. The number of nitrogens with two attached hydrogens (primary N) is 1. The molecule has 1 aromatic rings. The van der Waals surface area contributed by atoms with Crippen LogP contribution in [0.4, 0.5) is 0 Å². The van der Waals surface area contributed by atoms with Gasteiger partial charge >= 0.3 is 0 Å². The third-order valence-electron chi connectivity index (χ3n) is 2.82. The van der Waals surface area contributed by atoms with Crippen molar-refractivity contribution in [2.45, 2.75) is 32.4 Å². The molecule has 17 heavy (non-hydrogen) atoms. The summed E-state index contributed by atoms with van der Waals surface area (Å²) in [6.07, 6.45) is 4.88. The molecule has 0 saturated carbocycles. The predicted octanol–water partition coefficient (Wildman–Crippen LogP) is 1.13. The maximum atomic E-state index is 8.70. The van der Waals surface area contributed by atoms with E-state index in [1.54, 1.807) is 6.20 Å². The number of aliphatic hydroxyl groups is 1. The second-order valence-electron chi connectivity index (χ2n) is 4.34. The number of aliphatic hydroxyl groups excluding tert-OH is 1. The summed E-state index contributed by atoms with van der Waals surface area (Å²) in [4.78, 5) is 6.55. The fourth-order valence-electron chi connectivity index (χ4n) is 1.84. The molecule has 0 radical (unpaired) electrons. The first-order valence-corrected chi connectivity index (χ1v) is 6.20. The molecule has 0 aliphatic carbocycles. The van der Waals surface area contributed by atoms with E-state index in [0.717, 1.165) is 38.0 Å². The summed E-state index contributed by atoms with van der Waals surface area (Å²) in [5, 5.41) is 8.70. The first kappa shape index (κ1) is 14.1. The molecule has 0 bridgehead atoms. The zero-order chi connectivity index (χ0) is 12.5. The van der Waals surface area contributed by atoms with Crippen LogP contribution in [0.2, 0.25) is 0 Å². The highest BCUT2D eigenvalue weighted by molar-refractivity contribution is 5.19. The van der Waals surface area contributed by atoms with E-state index in [1.807, 2.05) is 6.07 Å². The van der Waals surface area contributed by atoms with Crippen molar-refractivity contribution in [1.82, 2.24) is 9.88 Å². The molecule has 4 heteroatoms. The van der Waals surface area contributed by atoms with Crippen LogP contribution in [-0.4, -0.2) is 35.2 Å². The Morgan fingerprint density at radius 3 is 2.88 bits per heavy atom. The lowest BCUT2D eigenvalue weighted by Crippen LogP contribution is -2.20. The number of hydrogen-bond acceptors (Lipinski definition) is 4. The van der Waals surface area contributed by atoms with Crippen molar-refractivity contribution in [3.05, 3.63) is 29.6 Å². The minimum Gasteiger partial charge on any atom is -0.396 e. The quantitative estimate of drug-likeness (QED) is 0.665. The summed E-state index contributed by atoms with van der Waals surface area (Å²) >= 11 is 0. The van der Waals surface area contributed by atoms with E-state index >= 15 is 0 Å². The van der Waals surface area contributed by atoms with Gasteiger partial charge < -0.3 is 15.7 Å². The number of hydrogen-bond donors (Lipinski definition) is 2. The molecule has 0 saturated heterocycles. The van der Waals surface area contributed by atoms with E-state index in [4.69, 9.17) is 10.8 Å². The van der Waals surface area contributed by atoms with Gasteiger partial charge in [0.05, 0.1) is 5.69 Å². The van der Waals surface area contributed by atoms with Crippen LogP contribution in [0, 0.1) is 0 Å². The van der Waals surface area contributed by atoms with Gasteiger partial charge in [-0.25, -0.2) is 0 Å². The normalized spacial score (nSPS) is 11.1. The van der Waals surface area contributed by atoms with Crippen molar-refractivity contribution >= 4 is 0 Å². The number of pyridine rings is 1. The number of rotatable bonds is 8. The summed E-state index contributed by atoms with van der Waals surface area (Å²) in [7, 11) is 2.10. The maximum absolute atomic E-state index is 8.70. The van der Waals surface area contributed by atoms with Crippen LogP contribution < -0.4 is 5.73 Å². The highest BCUT2D eigenvalue weighted by atomic mass is 16.2. The third kappa shape index (κ3) is 5.26. The number of nitrogens with zero attached hydrogens (tertiary/aromatic N) is 2. The Labute approximate surface area is 103 Å². The van der Waals surface area contributed by atoms with Crippen LogP contribution >= 0.6 is 0 Å². The average molecular weight is 237 g/mol. The first-order valence-electron chi connectivity index (χ1n) is 6.20. The first-order chi connectivity index (χ1) is 8.27. The zero-order valence-electron chi connectivity index (χ0n) is 10.6. The van der Waals surface area contributed by atoms with Crippen molar-refractivity contribution in [1.29, 1.82) is 0 Å². The van der Waals surface area contributed by atoms with Crippen LogP contribution in [-0.2, 0) is 13.1 Å². The molecule has 0 atom stereocenters. The van der Waals surface area contributed by atoms with Crippen LogP contribution in [0.1, 0.15) is 30.5 Å². The van der Waals surface area contributed by atoms with Gasteiger partial charge in [0.25, 0.3) is 0 Å². The van der Waals surface area contributed by atoms with Crippen molar-refractivity contribution in [2.24, 2.45) is 5.73 Å². The molecule has 0 unspecified atom stereocenters. The predicted molar refractivity (Wildman–Crippen MR) is 69.4 cm³/mol. The second-order valence-corrected chi connectivity index (χ2v) is 4.34. The average Bonchev–Trinajstić information content (AvgIpc) is 2.35. The summed E-state index contributed by atoms with van der Waals surface area (Å²) < 4.78 is 0. The Morgan fingerprint density at radius 1 is 1.35 bits per heavy atom. The van der Waals surface area contributed by atoms with Gasteiger partial charge in [-0.1, -0.05) is 6.07 Å². The molecule has 0 amide bonds. The molecule has 96 valence electrons. The topological polar surface area (TPSA) is 62.4 Å². The Kier molecular flexibility index (Phi) is 6.77. The molecule has 1 aromatic heterocycles. The molecule has 0 aromatic carbocycles. The number of unbranched alkanes of at least 4 members (excludes halogenated alkanes) is 2. The SMILES string of the molecule is CN(CCCCCO)Cc1cccnc1CN. The van der Waals surface area contributed by atoms with E-state index in [9.17, 15) is 0 Å². The summed E-state index contributed by atoms with van der Waals surface area (Å²) in [5.74, 6) is 0. The summed E-state index contributed by atoms with van der Waals surface area (Å²) in [6.45, 7) is 2.72. The standard InChI is InChI=1S/C13H23N3O/c1-16(8-3-2-4-9-17)11-12-6-5-7-15-13(12)10-14/h5-7,17H,2-4,8-11,14H2,1H3. The molecule has 1 rings (SSSR count). The van der Waals surface area contributed by atoms with E-state index in [-0.39, 0.29) is 0 Å². The molecule has 0 aliphatic rings. The van der Waals surface area contributed by atoms with Gasteiger partial charge in [0, 0.05) is 25.9 Å². The largest absolute Gasteiger partial charge is 0.396 e. The lowest BCUT2D eigenvalue weighted by molar-refractivity contribution is 0.271. The minimum atomic E-state index is 0.295. The molecule has 4 nitrogen and oxygen atoms in total. The molecular weight excluding hydrogens is 214 g/mol. The molecule has 0 fully saturated rings. The summed E-state index contributed by atoms with van der Waals surface area (Å²) in [6, 6.07) is 4.04. The molecule has 0 spiro atoms. The molecule has 0 aliphatic heterocycles. The van der Waals surface area contributed by atoms with Gasteiger partial charge in [-0.3, -0.25) is 4.98 Å². The Balaban J connectivity index is 2.36. The molecular formula is C13H23N3O. The Bertz CT molecular complexity index is 317. The smallest absolute Gasteiger partial charge is 0.0584 e. The van der Waals surface area contributed by atoms with Crippen LogP contribution in [0.25, 0.3) is 0 Å². The van der Waals surface area contributed by atoms with Gasteiger partial charge in [0.15, 0.2) is 0 Å². The van der Waals surface area contributed by atoms with Crippen LogP contribution in [0.3, 0.4) is 0 Å². The highest BCUT2D eigenvalue weighted by Crippen LogP contribution is 2.08. The van der Waals surface area contributed by atoms with Crippen molar-refractivity contribution < 1.29 is 5.11 Å². The minimum absolute atomic E-state index is 0.295. The Hall–Kier alpha value is -0.970. The van der Waals surface area contributed by atoms with Gasteiger partial charge in [0.2, 0.25) is 0 Å². The van der Waals surface area contributed by atoms with Gasteiger partial charge in [0.1, 0.15) is 0 Å². The monoisotopic (exact) mass is 237 g/mol. The van der Waals surface area contributed by atoms with Gasteiger partial charge in [-0.2, -0.15) is 0 Å². The van der Waals surface area contributed by atoms with Crippen LogP contribution in [0.5, 0.6) is 0 Å². The zero-order valence-corrected chi connectivity index (χ0v) is 10.6. The maximum Gasteiger partial charge on any atom is 0.0584 e. The second kappa shape index (κ2) is 8.17. The highest BCUT2D eigenvalue weighted by Gasteiger charge is 2.04. The number of aromatic nitrogens is 1. The third-order valence-corrected chi connectivity index (χ3v) is 2.82. The van der Waals surface area contributed by atoms with Gasteiger partial charge in [-0.15, -0.1) is 0 Å². The van der Waals surface area contributed by atoms with Crippen molar-refractivity contribution in [3.8, 4) is 0 Å². The van der Waals surface area contributed by atoms with Crippen LogP contribution in [0.15, 0.2) is 18.3 Å². The summed E-state index contributed by atoms with van der Waals surface area (Å²) in [5.41, 5.74) is 7.85. The van der Waals surface area contributed by atoms with E-state index in [0.29, 0.717) is 13.2 Å². The Morgan fingerprint density at radius 2 is 2.18 bits per heavy atom. The lowest BCUT2D eigenvalue weighted by atomic mass is 10.1. The fraction of sp³-hybridized carbons (Fsp3) is 0.615. The van der Waals surface area contributed by atoms with Crippen molar-refractivity contribution in [3.63, 3.8) is 0 Å².